The molecule has 1 aromatic heterocycles. The molecular formula is C11H20N3O15P3. The van der Waals surface area contributed by atoms with Crippen LogP contribution in [0, 0.1) is 0 Å². The van der Waals surface area contributed by atoms with E-state index in [2.05, 4.69) is 18.1 Å². The quantitative estimate of drug-likeness (QED) is 0.163. The van der Waals surface area contributed by atoms with Crippen LogP contribution in [-0.2, 0) is 31.6 Å². The molecule has 9 N–H and O–H groups in total. The van der Waals surface area contributed by atoms with E-state index in [-0.39, 0.29) is 5.82 Å². The van der Waals surface area contributed by atoms with Crippen molar-refractivity contribution >= 4 is 29.3 Å². The number of hydrogen-bond donors (Lipinski definition) is 8. The van der Waals surface area contributed by atoms with Crippen molar-refractivity contribution in [2.75, 3.05) is 12.3 Å². The molecule has 0 bridgehead atoms. The fraction of sp³-hybridized carbons (Fsp3) is 0.636. The molecule has 1 fully saturated rings. The number of aromatic nitrogens is 2. The minimum atomic E-state index is -5.78. The second kappa shape index (κ2) is 10.0. The number of nitrogens with zero attached hydrogens (tertiary/aromatic N) is 2. The van der Waals surface area contributed by atoms with Gasteiger partial charge in [-0.2, -0.15) is 13.6 Å². The first-order valence-electron chi connectivity index (χ1n) is 8.32. The molecule has 2 heterocycles. The second-order valence-electron chi connectivity index (χ2n) is 6.34. The van der Waals surface area contributed by atoms with E-state index in [4.69, 9.17) is 25.2 Å². The van der Waals surface area contributed by atoms with E-state index in [1.54, 1.807) is 0 Å². The van der Waals surface area contributed by atoms with Gasteiger partial charge in [-0.3, -0.25) is 9.09 Å². The van der Waals surface area contributed by atoms with Gasteiger partial charge in [0.2, 0.25) is 0 Å². The number of rotatable bonds is 8. The minimum absolute atomic E-state index is 0.135. The number of hydrogen-bond acceptors (Lipinski definition) is 13. The van der Waals surface area contributed by atoms with Crippen LogP contribution in [-0.4, -0.2) is 75.5 Å². The summed E-state index contributed by atoms with van der Waals surface area (Å²) in [5.74, 6) is -0.135. The Morgan fingerprint density at radius 3 is 2.28 bits per heavy atom. The highest BCUT2D eigenvalue weighted by atomic mass is 31.3. The first kappa shape index (κ1) is 27.2. The van der Waals surface area contributed by atoms with Gasteiger partial charge in [0.15, 0.2) is 0 Å². The van der Waals surface area contributed by atoms with E-state index < -0.39 is 72.8 Å². The van der Waals surface area contributed by atoms with E-state index in [0.717, 1.165) is 10.8 Å². The standard InChI is InChI=1S/C11H20N3O15P3/c12-7-1-2-14(11(18)13-7)8-3-5(15)9(16)10(17)6(27-8)4-26-31(22,23)29-32(24,25)28-30(19,20)21/h1-2,5-6,8-10,15-17H,3-4H2,(H,22,23)(H,24,25)(H2,12,13,18)(H2,19,20,21)/t5-,6+,8+,9-,10+/m0/s1. The molecule has 32 heavy (non-hydrogen) atoms. The molecule has 0 radical (unpaired) electrons. The monoisotopic (exact) mass is 527 g/mol. The van der Waals surface area contributed by atoms with Gasteiger partial charge in [-0.25, -0.2) is 18.5 Å². The van der Waals surface area contributed by atoms with Crippen LogP contribution in [0.25, 0.3) is 0 Å². The van der Waals surface area contributed by atoms with Crippen molar-refractivity contribution in [1.29, 1.82) is 0 Å². The SMILES string of the molecule is Nc1ccn([C@H]2C[C@H](O)[C@H](O)[C@H](O)[C@@H](COP(=O)(O)OP(=O)(O)OP(=O)(O)O)O2)c(=O)n1. The average molecular weight is 527 g/mol. The molecule has 7 atom stereocenters. The number of ether oxygens (including phenoxy) is 1. The van der Waals surface area contributed by atoms with Crippen molar-refractivity contribution in [1.82, 2.24) is 9.55 Å². The number of nitrogens with two attached hydrogens (primary N) is 1. The molecule has 1 aliphatic heterocycles. The Bertz CT molecular complexity index is 1010. The van der Waals surface area contributed by atoms with Crippen LogP contribution in [0.4, 0.5) is 5.82 Å². The smallest absolute Gasteiger partial charge is 0.390 e. The van der Waals surface area contributed by atoms with E-state index in [0.29, 0.717) is 0 Å². The van der Waals surface area contributed by atoms with Crippen molar-refractivity contribution in [3.63, 3.8) is 0 Å². The zero-order valence-corrected chi connectivity index (χ0v) is 18.3. The predicted octanol–water partition coefficient (Wildman–Crippen LogP) is -2.46. The van der Waals surface area contributed by atoms with Crippen molar-refractivity contribution in [2.45, 2.75) is 37.1 Å². The molecule has 0 spiro atoms. The molecule has 18 nitrogen and oxygen atoms in total. The summed E-state index contributed by atoms with van der Waals surface area (Å²) in [7, 11) is -16.9. The molecule has 184 valence electrons. The summed E-state index contributed by atoms with van der Waals surface area (Å²) >= 11 is 0. The lowest BCUT2D eigenvalue weighted by Gasteiger charge is -2.27. The van der Waals surface area contributed by atoms with Crippen LogP contribution in [0.3, 0.4) is 0 Å². The van der Waals surface area contributed by atoms with Crippen molar-refractivity contribution < 1.29 is 66.5 Å². The molecule has 0 saturated carbocycles. The third-order valence-corrected chi connectivity index (χ3v) is 7.68. The van der Waals surface area contributed by atoms with Gasteiger partial charge in [-0.15, -0.1) is 0 Å². The number of anilines is 1. The van der Waals surface area contributed by atoms with E-state index in [9.17, 15) is 38.7 Å². The molecule has 2 rings (SSSR count). The summed E-state index contributed by atoms with van der Waals surface area (Å²) < 4.78 is 51.6. The zero-order valence-electron chi connectivity index (χ0n) is 15.7. The summed E-state index contributed by atoms with van der Waals surface area (Å²) in [5, 5.41) is 30.2. The van der Waals surface area contributed by atoms with Crippen LogP contribution in [0.1, 0.15) is 12.6 Å². The largest absolute Gasteiger partial charge is 0.490 e. The molecule has 0 aliphatic carbocycles. The maximum atomic E-state index is 12.0. The van der Waals surface area contributed by atoms with Crippen molar-refractivity contribution in [3.05, 3.63) is 22.7 Å². The van der Waals surface area contributed by atoms with Gasteiger partial charge in [0, 0.05) is 12.6 Å². The molecule has 2 unspecified atom stereocenters. The Morgan fingerprint density at radius 1 is 1.09 bits per heavy atom. The number of phosphoric acid groups is 3. The van der Waals surface area contributed by atoms with Crippen molar-refractivity contribution in [2.24, 2.45) is 0 Å². The molecule has 1 saturated heterocycles. The van der Waals surface area contributed by atoms with Crippen molar-refractivity contribution in [3.8, 4) is 0 Å². The van der Waals surface area contributed by atoms with E-state index >= 15 is 0 Å². The van der Waals surface area contributed by atoms with Crippen LogP contribution >= 0.6 is 23.5 Å². The van der Waals surface area contributed by atoms with Gasteiger partial charge in [-0.05, 0) is 6.07 Å². The molecular weight excluding hydrogens is 507 g/mol. The summed E-state index contributed by atoms with van der Waals surface area (Å²) in [6.07, 6.45) is -7.92. The van der Waals surface area contributed by atoms with E-state index in [1.165, 1.54) is 6.07 Å². The lowest BCUT2D eigenvalue weighted by Crippen LogP contribution is -2.44. The third-order valence-electron chi connectivity index (χ3n) is 3.88. The Kier molecular flexibility index (Phi) is 8.53. The number of aliphatic hydroxyl groups is 3. The normalized spacial score (nSPS) is 30.8. The maximum absolute atomic E-state index is 12.0. The van der Waals surface area contributed by atoms with Gasteiger partial charge in [-0.1, -0.05) is 0 Å². The minimum Gasteiger partial charge on any atom is -0.390 e. The second-order valence-corrected chi connectivity index (χ2v) is 10.8. The number of aliphatic hydroxyl groups excluding tert-OH is 3. The highest BCUT2D eigenvalue weighted by Crippen LogP contribution is 2.66. The Labute approximate surface area is 178 Å². The fourth-order valence-corrected chi connectivity index (χ4v) is 5.59. The Morgan fingerprint density at radius 2 is 1.72 bits per heavy atom. The van der Waals surface area contributed by atoms with Crippen LogP contribution in [0.2, 0.25) is 0 Å². The Balaban J connectivity index is 2.19. The molecule has 0 aromatic carbocycles. The average Bonchev–Trinajstić information content (AvgIpc) is 2.69. The highest BCUT2D eigenvalue weighted by Gasteiger charge is 2.44. The van der Waals surface area contributed by atoms with E-state index in [1.807, 2.05) is 0 Å². The summed E-state index contributed by atoms with van der Waals surface area (Å²) in [4.78, 5) is 51.1. The maximum Gasteiger partial charge on any atom is 0.490 e. The Hall–Kier alpha value is -1.07. The van der Waals surface area contributed by atoms with Gasteiger partial charge < -0.3 is 45.4 Å². The molecule has 0 amide bonds. The first-order valence-corrected chi connectivity index (χ1v) is 12.8. The van der Waals surface area contributed by atoms with Crippen LogP contribution in [0.15, 0.2) is 17.1 Å². The number of phosphoric ester groups is 1. The number of nitrogen functional groups attached to an aromatic ring is 1. The molecule has 21 heteroatoms. The third kappa shape index (κ3) is 7.76. The van der Waals surface area contributed by atoms with Crippen LogP contribution in [0.5, 0.6) is 0 Å². The van der Waals surface area contributed by atoms with Gasteiger partial charge in [0.1, 0.15) is 30.4 Å². The first-order chi connectivity index (χ1) is 14.5. The highest BCUT2D eigenvalue weighted by molar-refractivity contribution is 7.66. The lowest BCUT2D eigenvalue weighted by molar-refractivity contribution is -0.130. The fourth-order valence-electron chi connectivity index (χ4n) is 2.56. The van der Waals surface area contributed by atoms with Crippen LogP contribution < -0.4 is 11.4 Å². The lowest BCUT2D eigenvalue weighted by atomic mass is 10.0. The molecule has 1 aromatic rings. The van der Waals surface area contributed by atoms with Gasteiger partial charge in [0.25, 0.3) is 0 Å². The van der Waals surface area contributed by atoms with Gasteiger partial charge >= 0.3 is 29.2 Å². The summed E-state index contributed by atoms with van der Waals surface area (Å²) in [5.41, 5.74) is 4.45. The topological polar surface area (TPSA) is 291 Å². The summed E-state index contributed by atoms with van der Waals surface area (Å²) in [6.45, 7) is -1.14. The summed E-state index contributed by atoms with van der Waals surface area (Å²) in [6, 6.07) is 1.20. The predicted molar refractivity (Wildman–Crippen MR) is 99.3 cm³/mol. The van der Waals surface area contributed by atoms with Gasteiger partial charge in [0.05, 0.1) is 12.7 Å². The zero-order chi connectivity index (χ0) is 24.5. The molecule has 1 aliphatic rings.